The molecular formula is C21H24N8. The van der Waals surface area contributed by atoms with Gasteiger partial charge in [-0.15, -0.1) is 5.10 Å². The van der Waals surface area contributed by atoms with Crippen molar-refractivity contribution in [1.29, 1.82) is 0 Å². The molecule has 4 aromatic rings. The van der Waals surface area contributed by atoms with Gasteiger partial charge in [0.15, 0.2) is 11.6 Å². The van der Waals surface area contributed by atoms with Gasteiger partial charge in [-0.2, -0.15) is 5.10 Å². The van der Waals surface area contributed by atoms with Gasteiger partial charge < -0.3 is 0 Å². The van der Waals surface area contributed by atoms with E-state index in [4.69, 9.17) is 10.1 Å². The van der Waals surface area contributed by atoms with E-state index in [1.807, 2.05) is 16.8 Å². The van der Waals surface area contributed by atoms with Crippen LogP contribution in [0.2, 0.25) is 0 Å². The number of aromatic amines is 1. The lowest BCUT2D eigenvalue weighted by atomic mass is 10.0. The van der Waals surface area contributed by atoms with Gasteiger partial charge in [0.2, 0.25) is 0 Å². The summed E-state index contributed by atoms with van der Waals surface area (Å²) < 4.78 is 2.03. The lowest BCUT2D eigenvalue weighted by Gasteiger charge is -2.08. The number of hydrogen-bond donors (Lipinski definition) is 1. The monoisotopic (exact) mass is 388 g/mol. The van der Waals surface area contributed by atoms with Gasteiger partial charge in [0.1, 0.15) is 5.82 Å². The summed E-state index contributed by atoms with van der Waals surface area (Å²) in [5.41, 5.74) is 3.89. The van der Waals surface area contributed by atoms with Crippen molar-refractivity contribution >= 4 is 0 Å². The number of nitrogens with zero attached hydrogens (tertiary/aromatic N) is 7. The van der Waals surface area contributed by atoms with E-state index in [0.29, 0.717) is 18.3 Å². The molecule has 0 spiro atoms. The molecule has 0 bridgehead atoms. The first kappa shape index (κ1) is 18.9. The third-order valence-electron chi connectivity index (χ3n) is 4.72. The van der Waals surface area contributed by atoms with Crippen molar-refractivity contribution in [3.8, 4) is 22.6 Å². The van der Waals surface area contributed by atoms with E-state index in [2.05, 4.69) is 70.6 Å². The average Bonchev–Trinajstić information content (AvgIpc) is 3.40. The van der Waals surface area contributed by atoms with E-state index >= 15 is 0 Å². The van der Waals surface area contributed by atoms with Crippen LogP contribution < -0.4 is 0 Å². The van der Waals surface area contributed by atoms with Crippen molar-refractivity contribution in [2.75, 3.05) is 0 Å². The van der Waals surface area contributed by atoms with Gasteiger partial charge in [0, 0.05) is 29.7 Å². The van der Waals surface area contributed by atoms with Crippen LogP contribution in [0.25, 0.3) is 22.6 Å². The van der Waals surface area contributed by atoms with Crippen LogP contribution in [0.4, 0.5) is 0 Å². The van der Waals surface area contributed by atoms with Crippen LogP contribution in [0.15, 0.2) is 42.6 Å². The Hall–Kier alpha value is -3.42. The second kappa shape index (κ2) is 8.30. The molecule has 1 N–H and O–H groups in total. The summed E-state index contributed by atoms with van der Waals surface area (Å²) in [4.78, 5) is 9.26. The quantitative estimate of drug-likeness (QED) is 0.519. The van der Waals surface area contributed by atoms with Crippen LogP contribution in [-0.4, -0.2) is 40.4 Å². The van der Waals surface area contributed by atoms with Crippen LogP contribution in [-0.2, 0) is 13.0 Å². The molecule has 3 heterocycles. The van der Waals surface area contributed by atoms with Crippen LogP contribution in [0.3, 0.4) is 0 Å². The summed E-state index contributed by atoms with van der Waals surface area (Å²) in [5.74, 6) is 2.88. The number of benzene rings is 1. The zero-order valence-electron chi connectivity index (χ0n) is 16.9. The van der Waals surface area contributed by atoms with Crippen molar-refractivity contribution in [1.82, 2.24) is 40.4 Å². The van der Waals surface area contributed by atoms with Crippen molar-refractivity contribution in [3.05, 3.63) is 59.8 Å². The fourth-order valence-corrected chi connectivity index (χ4v) is 3.21. The summed E-state index contributed by atoms with van der Waals surface area (Å²) in [6.45, 7) is 7.12. The fraction of sp³-hybridized carbons (Fsp3) is 0.333. The summed E-state index contributed by atoms with van der Waals surface area (Å²) in [6, 6.07) is 12.2. The number of rotatable bonds is 7. The SMILES string of the molecule is CCCc1nc(C(C)C)nn1Cc1ccc(-c2ncccc2-c2nnn[nH]2)cc1. The van der Waals surface area contributed by atoms with Gasteiger partial charge >= 0.3 is 0 Å². The Labute approximate surface area is 169 Å². The first-order valence-electron chi connectivity index (χ1n) is 9.87. The van der Waals surface area contributed by atoms with Gasteiger partial charge in [-0.1, -0.05) is 45.0 Å². The van der Waals surface area contributed by atoms with E-state index in [1.165, 1.54) is 5.56 Å². The number of H-pyrrole nitrogens is 1. The molecule has 0 atom stereocenters. The predicted octanol–water partition coefficient (Wildman–Crippen LogP) is 3.64. The van der Waals surface area contributed by atoms with Gasteiger partial charge in [-0.3, -0.25) is 4.98 Å². The molecule has 0 aliphatic heterocycles. The maximum Gasteiger partial charge on any atom is 0.181 e. The smallest absolute Gasteiger partial charge is 0.181 e. The van der Waals surface area contributed by atoms with E-state index in [1.54, 1.807) is 6.20 Å². The summed E-state index contributed by atoms with van der Waals surface area (Å²) in [7, 11) is 0. The van der Waals surface area contributed by atoms with Crippen molar-refractivity contribution in [3.63, 3.8) is 0 Å². The normalized spacial score (nSPS) is 11.3. The first-order valence-corrected chi connectivity index (χ1v) is 9.87. The predicted molar refractivity (Wildman–Crippen MR) is 110 cm³/mol. The van der Waals surface area contributed by atoms with Crippen molar-refractivity contribution in [2.45, 2.75) is 46.1 Å². The maximum absolute atomic E-state index is 4.72. The highest BCUT2D eigenvalue weighted by Crippen LogP contribution is 2.27. The molecule has 8 heteroatoms. The molecule has 0 fully saturated rings. The molecule has 1 aromatic carbocycles. The van der Waals surface area contributed by atoms with Crippen LogP contribution >= 0.6 is 0 Å². The van der Waals surface area contributed by atoms with Crippen LogP contribution in [0, 0.1) is 0 Å². The molecule has 0 aliphatic carbocycles. The lowest BCUT2D eigenvalue weighted by Crippen LogP contribution is -2.07. The van der Waals surface area contributed by atoms with Gasteiger partial charge in [0.25, 0.3) is 0 Å². The van der Waals surface area contributed by atoms with E-state index < -0.39 is 0 Å². The highest BCUT2D eigenvalue weighted by molar-refractivity contribution is 5.76. The molecule has 4 rings (SSSR count). The second-order valence-corrected chi connectivity index (χ2v) is 7.29. The molecule has 29 heavy (non-hydrogen) atoms. The first-order chi connectivity index (χ1) is 14.2. The molecule has 0 saturated carbocycles. The minimum absolute atomic E-state index is 0.322. The number of aromatic nitrogens is 8. The number of hydrogen-bond acceptors (Lipinski definition) is 6. The zero-order chi connectivity index (χ0) is 20.2. The molecule has 0 amide bonds. The Morgan fingerprint density at radius 2 is 1.93 bits per heavy atom. The van der Waals surface area contributed by atoms with E-state index in [0.717, 1.165) is 41.3 Å². The van der Waals surface area contributed by atoms with E-state index in [-0.39, 0.29) is 0 Å². The van der Waals surface area contributed by atoms with Crippen LogP contribution in [0.1, 0.15) is 50.3 Å². The minimum Gasteiger partial charge on any atom is -0.255 e. The van der Waals surface area contributed by atoms with Crippen molar-refractivity contribution in [2.24, 2.45) is 0 Å². The van der Waals surface area contributed by atoms with Crippen molar-refractivity contribution < 1.29 is 0 Å². The largest absolute Gasteiger partial charge is 0.255 e. The molecule has 3 aromatic heterocycles. The molecular weight excluding hydrogens is 364 g/mol. The Kier molecular flexibility index (Phi) is 5.41. The summed E-state index contributed by atoms with van der Waals surface area (Å²) in [5, 5.41) is 18.9. The molecule has 0 aliphatic rings. The highest BCUT2D eigenvalue weighted by atomic mass is 15.5. The third-order valence-corrected chi connectivity index (χ3v) is 4.72. The number of aryl methyl sites for hydroxylation is 1. The Bertz CT molecular complexity index is 1060. The second-order valence-electron chi connectivity index (χ2n) is 7.29. The van der Waals surface area contributed by atoms with Gasteiger partial charge in [-0.05, 0) is 34.5 Å². The standard InChI is InChI=1S/C21H24N8/c1-4-6-18-23-20(14(2)3)26-29(18)13-15-8-10-16(11-9-15)19-17(7-5-12-22-19)21-24-27-28-25-21/h5,7-12,14H,4,6,13H2,1-3H3,(H,24,25,27,28). The Balaban J connectivity index is 1.60. The molecule has 148 valence electrons. The zero-order valence-corrected chi connectivity index (χ0v) is 16.9. The molecule has 0 unspecified atom stereocenters. The number of nitrogens with one attached hydrogen (secondary N) is 1. The molecule has 0 saturated heterocycles. The highest BCUT2D eigenvalue weighted by Gasteiger charge is 2.14. The number of tetrazole rings is 1. The fourth-order valence-electron chi connectivity index (χ4n) is 3.21. The number of pyridine rings is 1. The maximum atomic E-state index is 4.72. The molecule has 0 radical (unpaired) electrons. The third kappa shape index (κ3) is 4.06. The van der Waals surface area contributed by atoms with E-state index in [9.17, 15) is 0 Å². The summed E-state index contributed by atoms with van der Waals surface area (Å²) >= 11 is 0. The average molecular weight is 388 g/mol. The summed E-state index contributed by atoms with van der Waals surface area (Å²) in [6.07, 6.45) is 3.75. The van der Waals surface area contributed by atoms with Gasteiger partial charge in [-0.25, -0.2) is 14.8 Å². The topological polar surface area (TPSA) is 98.1 Å². The lowest BCUT2D eigenvalue weighted by molar-refractivity contribution is 0.619. The van der Waals surface area contributed by atoms with Crippen LogP contribution in [0.5, 0.6) is 0 Å². The minimum atomic E-state index is 0.322. The molecule has 8 nitrogen and oxygen atoms in total. The van der Waals surface area contributed by atoms with Gasteiger partial charge in [0.05, 0.1) is 12.2 Å². The Morgan fingerprint density at radius 1 is 1.10 bits per heavy atom. The Morgan fingerprint density at radius 3 is 2.62 bits per heavy atom.